The molecule has 41 heavy (non-hydrogen) atoms. The van der Waals surface area contributed by atoms with Gasteiger partial charge in [-0.05, 0) is 89.0 Å². The summed E-state index contributed by atoms with van der Waals surface area (Å²) in [5.41, 5.74) is 11.9. The Morgan fingerprint density at radius 3 is 2.46 bits per heavy atom. The summed E-state index contributed by atoms with van der Waals surface area (Å²) in [4.78, 5) is 2.41. The van der Waals surface area contributed by atoms with E-state index in [0.717, 1.165) is 23.0 Å². The number of hydrogen-bond acceptors (Lipinski definition) is 2. The zero-order chi connectivity index (χ0) is 28.1. The van der Waals surface area contributed by atoms with E-state index in [4.69, 9.17) is 4.42 Å². The van der Waals surface area contributed by atoms with Crippen molar-refractivity contribution in [3.63, 3.8) is 0 Å². The van der Waals surface area contributed by atoms with Crippen LogP contribution in [0.25, 0.3) is 33.1 Å². The van der Waals surface area contributed by atoms with Gasteiger partial charge in [0.1, 0.15) is 11.2 Å². The zero-order valence-corrected chi connectivity index (χ0v) is 25.1. The van der Waals surface area contributed by atoms with Gasteiger partial charge in [-0.3, -0.25) is 0 Å². The van der Waals surface area contributed by atoms with Gasteiger partial charge in [-0.1, -0.05) is 95.1 Å². The molecule has 8 rings (SSSR count). The standard InChI is InChI=1S/C39H41NO/c1-24-21-25-11-10-12-26(22-25)39(24)31-15-8-6-13-28(31)29-18-17-27(23-33(29)39)40(5)34-20-19-32(38(2,3)4)37-36(34)30-14-7-9-16-35(30)41-37/h6-9,13-20,23-26H,10-12,21-22H2,1-5H3. The second-order valence-electron chi connectivity index (χ2n) is 14.3. The van der Waals surface area contributed by atoms with Gasteiger partial charge in [-0.15, -0.1) is 0 Å². The molecular weight excluding hydrogens is 498 g/mol. The topological polar surface area (TPSA) is 16.4 Å². The molecule has 2 fully saturated rings. The van der Waals surface area contributed by atoms with E-state index < -0.39 is 0 Å². The van der Waals surface area contributed by atoms with Crippen LogP contribution in [-0.2, 0) is 10.8 Å². The molecule has 1 aromatic heterocycles. The fraction of sp³-hybridized carbons (Fsp3) is 0.385. The fourth-order valence-electron chi connectivity index (χ4n) is 9.34. The minimum atomic E-state index is -0.00999. The fourth-order valence-corrected chi connectivity index (χ4v) is 9.34. The van der Waals surface area contributed by atoms with Crippen molar-refractivity contribution in [1.29, 1.82) is 0 Å². The van der Waals surface area contributed by atoms with E-state index in [0.29, 0.717) is 5.92 Å². The molecule has 3 aliphatic carbocycles. The van der Waals surface area contributed by atoms with E-state index in [2.05, 4.69) is 119 Å². The van der Waals surface area contributed by atoms with Gasteiger partial charge in [0.2, 0.25) is 0 Å². The molecule has 0 aliphatic heterocycles. The highest BCUT2D eigenvalue weighted by atomic mass is 16.3. The Bertz CT molecular complexity index is 1820. The van der Waals surface area contributed by atoms with Crippen LogP contribution in [0.2, 0.25) is 0 Å². The summed E-state index contributed by atoms with van der Waals surface area (Å²) < 4.78 is 6.58. The van der Waals surface area contributed by atoms with Gasteiger partial charge in [0.15, 0.2) is 0 Å². The quantitative estimate of drug-likeness (QED) is 0.222. The third-order valence-electron chi connectivity index (χ3n) is 11.1. The third-order valence-corrected chi connectivity index (χ3v) is 11.1. The SMILES string of the molecule is CC1CC2CCCC(C2)C12c1ccccc1-c1ccc(N(C)c3ccc(C(C)(C)C)c4oc5ccccc5c34)cc12. The van der Waals surface area contributed by atoms with Crippen LogP contribution in [0.3, 0.4) is 0 Å². The lowest BCUT2D eigenvalue weighted by Gasteiger charge is -2.53. The van der Waals surface area contributed by atoms with Gasteiger partial charge < -0.3 is 9.32 Å². The molecule has 2 saturated carbocycles. The summed E-state index contributed by atoms with van der Waals surface area (Å²) in [5.74, 6) is 2.27. The first-order valence-corrected chi connectivity index (χ1v) is 15.7. The lowest BCUT2D eigenvalue weighted by Crippen LogP contribution is -2.48. The Morgan fingerprint density at radius 2 is 1.61 bits per heavy atom. The molecule has 0 radical (unpaired) electrons. The number of benzene rings is 4. The van der Waals surface area contributed by atoms with Gasteiger partial charge in [0, 0.05) is 29.1 Å². The lowest BCUT2D eigenvalue weighted by molar-refractivity contribution is 0.0670. The highest BCUT2D eigenvalue weighted by Crippen LogP contribution is 2.64. The number of hydrogen-bond donors (Lipinski definition) is 0. The number of anilines is 2. The molecule has 3 aliphatic rings. The molecular formula is C39H41NO. The van der Waals surface area contributed by atoms with Crippen LogP contribution in [0.1, 0.15) is 76.5 Å². The van der Waals surface area contributed by atoms with Crippen LogP contribution in [-0.4, -0.2) is 7.05 Å². The van der Waals surface area contributed by atoms with Crippen molar-refractivity contribution in [2.24, 2.45) is 17.8 Å². The number of para-hydroxylation sites is 1. The van der Waals surface area contributed by atoms with Crippen molar-refractivity contribution >= 4 is 33.3 Å². The smallest absolute Gasteiger partial charge is 0.141 e. The van der Waals surface area contributed by atoms with E-state index in [1.807, 2.05) is 0 Å². The van der Waals surface area contributed by atoms with Gasteiger partial charge in [-0.25, -0.2) is 0 Å². The van der Waals surface area contributed by atoms with Crippen molar-refractivity contribution in [3.05, 3.63) is 95.6 Å². The van der Waals surface area contributed by atoms with E-state index in [9.17, 15) is 0 Å². The summed E-state index contributed by atoms with van der Waals surface area (Å²) >= 11 is 0. The van der Waals surface area contributed by atoms with Gasteiger partial charge >= 0.3 is 0 Å². The first kappa shape index (κ1) is 25.2. The molecule has 0 saturated heterocycles. The Kier molecular flexibility index (Phi) is 5.38. The zero-order valence-electron chi connectivity index (χ0n) is 25.1. The minimum Gasteiger partial charge on any atom is -0.456 e. The van der Waals surface area contributed by atoms with Crippen molar-refractivity contribution in [2.75, 3.05) is 11.9 Å². The molecule has 0 amide bonds. The summed E-state index contributed by atoms with van der Waals surface area (Å²) in [6.07, 6.45) is 6.89. The maximum absolute atomic E-state index is 6.58. The van der Waals surface area contributed by atoms with E-state index >= 15 is 0 Å². The van der Waals surface area contributed by atoms with Crippen LogP contribution in [0.15, 0.2) is 83.3 Å². The van der Waals surface area contributed by atoms with Crippen molar-refractivity contribution in [3.8, 4) is 11.1 Å². The number of nitrogens with zero attached hydrogens (tertiary/aromatic N) is 1. The predicted molar refractivity (Wildman–Crippen MR) is 172 cm³/mol. The number of fused-ring (bicyclic) bond motifs is 11. The Labute approximate surface area is 244 Å². The molecule has 5 aromatic rings. The maximum Gasteiger partial charge on any atom is 0.141 e. The molecule has 2 heteroatoms. The maximum atomic E-state index is 6.58. The highest BCUT2D eigenvalue weighted by Gasteiger charge is 2.55. The monoisotopic (exact) mass is 539 g/mol. The van der Waals surface area contributed by atoms with E-state index in [1.165, 1.54) is 70.9 Å². The molecule has 4 unspecified atom stereocenters. The Hall–Kier alpha value is -3.52. The van der Waals surface area contributed by atoms with E-state index in [-0.39, 0.29) is 10.8 Å². The van der Waals surface area contributed by atoms with Crippen LogP contribution >= 0.6 is 0 Å². The van der Waals surface area contributed by atoms with Gasteiger partial charge in [0.25, 0.3) is 0 Å². The third kappa shape index (κ3) is 3.43. The van der Waals surface area contributed by atoms with Crippen LogP contribution < -0.4 is 4.90 Å². The molecule has 2 bridgehead atoms. The molecule has 1 heterocycles. The summed E-state index contributed by atoms with van der Waals surface area (Å²) in [7, 11) is 2.24. The predicted octanol–water partition coefficient (Wildman–Crippen LogP) is 10.8. The van der Waals surface area contributed by atoms with Crippen LogP contribution in [0, 0.1) is 17.8 Å². The second kappa shape index (κ2) is 8.74. The van der Waals surface area contributed by atoms with Crippen LogP contribution in [0.5, 0.6) is 0 Å². The summed E-state index contributed by atoms with van der Waals surface area (Å²) in [5, 5.41) is 2.41. The first-order chi connectivity index (χ1) is 19.8. The molecule has 2 nitrogen and oxygen atoms in total. The van der Waals surface area contributed by atoms with Crippen LogP contribution in [0.4, 0.5) is 11.4 Å². The molecule has 0 N–H and O–H groups in total. The first-order valence-electron chi connectivity index (χ1n) is 15.7. The average Bonchev–Trinajstić information content (AvgIpc) is 3.49. The largest absolute Gasteiger partial charge is 0.456 e. The van der Waals surface area contributed by atoms with Crippen molar-refractivity contribution in [2.45, 2.75) is 70.6 Å². The van der Waals surface area contributed by atoms with Crippen molar-refractivity contribution < 1.29 is 4.42 Å². The molecule has 1 spiro atoms. The molecule has 208 valence electrons. The minimum absolute atomic E-state index is 0.00999. The van der Waals surface area contributed by atoms with Crippen molar-refractivity contribution in [1.82, 2.24) is 0 Å². The molecule has 4 atom stereocenters. The highest BCUT2D eigenvalue weighted by molar-refractivity contribution is 6.13. The van der Waals surface area contributed by atoms with E-state index in [1.54, 1.807) is 11.1 Å². The normalized spacial score (nSPS) is 25.0. The molecule has 4 aromatic carbocycles. The van der Waals surface area contributed by atoms with Gasteiger partial charge in [0.05, 0.1) is 11.1 Å². The number of furan rings is 1. The summed E-state index contributed by atoms with van der Waals surface area (Å²) in [6, 6.07) is 29.8. The second-order valence-corrected chi connectivity index (χ2v) is 14.3. The Balaban J connectivity index is 1.33. The number of rotatable bonds is 2. The lowest BCUT2D eigenvalue weighted by atomic mass is 9.51. The average molecular weight is 540 g/mol. The summed E-state index contributed by atoms with van der Waals surface area (Å²) in [6.45, 7) is 9.38. The van der Waals surface area contributed by atoms with Gasteiger partial charge in [-0.2, -0.15) is 0 Å². The Morgan fingerprint density at radius 1 is 0.829 bits per heavy atom.